The molecule has 0 spiro atoms. The molecule has 1 aliphatic carbocycles. The highest BCUT2D eigenvalue weighted by Gasteiger charge is 2.36. The summed E-state index contributed by atoms with van der Waals surface area (Å²) in [6.45, 7) is 6.55. The molecule has 1 atom stereocenters. The molecule has 5 rings (SSSR count). The van der Waals surface area contributed by atoms with E-state index in [1.807, 2.05) is 19.9 Å². The van der Waals surface area contributed by atoms with Crippen LogP contribution in [0, 0.1) is 32.5 Å². The van der Waals surface area contributed by atoms with E-state index >= 15 is 0 Å². The van der Waals surface area contributed by atoms with Gasteiger partial charge in [0.25, 0.3) is 0 Å². The summed E-state index contributed by atoms with van der Waals surface area (Å²) < 4.78 is 20.4. The Hall–Kier alpha value is -2.97. The van der Waals surface area contributed by atoms with Crippen molar-refractivity contribution in [3.8, 4) is 5.06 Å². The second kappa shape index (κ2) is 9.59. The van der Waals surface area contributed by atoms with Gasteiger partial charge in [0.1, 0.15) is 5.82 Å². The largest absolute Gasteiger partial charge is 0.411 e. The van der Waals surface area contributed by atoms with Crippen LogP contribution in [0.2, 0.25) is 0 Å². The van der Waals surface area contributed by atoms with E-state index in [0.29, 0.717) is 53.9 Å². The second-order valence-electron chi connectivity index (χ2n) is 9.49. The molecule has 3 aromatic rings. The summed E-state index contributed by atoms with van der Waals surface area (Å²) in [5.41, 5.74) is 3.67. The summed E-state index contributed by atoms with van der Waals surface area (Å²) >= 11 is 1.44. The zero-order valence-corrected chi connectivity index (χ0v) is 21.0. The summed E-state index contributed by atoms with van der Waals surface area (Å²) in [6.07, 6.45) is 3.35. The lowest BCUT2D eigenvalue weighted by Crippen LogP contribution is -2.38. The Morgan fingerprint density at radius 1 is 1.14 bits per heavy atom. The third kappa shape index (κ3) is 5.04. The van der Waals surface area contributed by atoms with Crippen LogP contribution in [0.4, 0.5) is 4.39 Å². The van der Waals surface area contributed by atoms with Crippen molar-refractivity contribution in [1.82, 2.24) is 14.9 Å². The van der Waals surface area contributed by atoms with Crippen molar-refractivity contribution in [2.24, 2.45) is 5.92 Å². The van der Waals surface area contributed by atoms with Crippen molar-refractivity contribution in [3.05, 3.63) is 74.9 Å². The maximum atomic E-state index is 14.8. The Kier molecular flexibility index (Phi) is 6.51. The fraction of sp³-hybridized carbons (Fsp3) is 0.407. The molecule has 1 fully saturated rings. The summed E-state index contributed by atoms with van der Waals surface area (Å²) in [4.78, 5) is 38.0. The second-order valence-corrected chi connectivity index (χ2v) is 10.6. The maximum absolute atomic E-state index is 14.8. The SMILES string of the molecule is Cc1nc(C)c(C(=O)Oc2cc3c(s2)CCN(C(C(=O)CC2CC2)c2ccccc2F)C3)nc1C. The molecule has 8 heteroatoms. The zero-order chi connectivity index (χ0) is 24.7. The van der Waals surface area contributed by atoms with Crippen LogP contribution < -0.4 is 4.74 Å². The van der Waals surface area contributed by atoms with E-state index < -0.39 is 12.0 Å². The number of Topliss-reactive ketones (excluding diaryl/α,β-unsaturated/α-hetero) is 1. The van der Waals surface area contributed by atoms with Crippen LogP contribution in [-0.2, 0) is 17.8 Å². The average molecular weight is 494 g/mol. The molecule has 0 radical (unpaired) electrons. The Morgan fingerprint density at radius 3 is 2.63 bits per heavy atom. The van der Waals surface area contributed by atoms with Crippen molar-refractivity contribution in [1.29, 1.82) is 0 Å². The number of hydrogen-bond donors (Lipinski definition) is 0. The van der Waals surface area contributed by atoms with E-state index in [1.165, 1.54) is 17.4 Å². The number of halogens is 1. The number of nitrogens with zero attached hydrogens (tertiary/aromatic N) is 3. The Labute approximate surface area is 208 Å². The Bertz CT molecular complexity index is 1300. The molecule has 1 unspecified atom stereocenters. The van der Waals surface area contributed by atoms with E-state index in [0.717, 1.165) is 29.0 Å². The van der Waals surface area contributed by atoms with E-state index in [9.17, 15) is 14.0 Å². The molecule has 0 saturated heterocycles. The fourth-order valence-electron chi connectivity index (χ4n) is 4.64. The van der Waals surface area contributed by atoms with Gasteiger partial charge in [-0.1, -0.05) is 18.2 Å². The van der Waals surface area contributed by atoms with Gasteiger partial charge in [0.05, 0.1) is 23.1 Å². The number of ketones is 1. The predicted molar refractivity (Wildman–Crippen MR) is 131 cm³/mol. The topological polar surface area (TPSA) is 72.4 Å². The molecule has 3 heterocycles. The van der Waals surface area contributed by atoms with Crippen molar-refractivity contribution >= 4 is 23.1 Å². The van der Waals surface area contributed by atoms with Gasteiger partial charge in [0.2, 0.25) is 0 Å². The van der Waals surface area contributed by atoms with Crippen molar-refractivity contribution in [3.63, 3.8) is 0 Å². The van der Waals surface area contributed by atoms with Gasteiger partial charge < -0.3 is 4.74 Å². The molecule has 2 aromatic heterocycles. The molecule has 0 bridgehead atoms. The number of ether oxygens (including phenoxy) is 1. The van der Waals surface area contributed by atoms with Gasteiger partial charge >= 0.3 is 5.97 Å². The number of rotatable bonds is 7. The van der Waals surface area contributed by atoms with Gasteiger partial charge in [-0.15, -0.1) is 11.3 Å². The van der Waals surface area contributed by atoms with Gasteiger partial charge in [-0.25, -0.2) is 14.2 Å². The molecule has 2 aliphatic rings. The van der Waals surface area contributed by atoms with Gasteiger partial charge in [0.15, 0.2) is 16.5 Å². The minimum atomic E-state index is -0.607. The average Bonchev–Trinajstić information content (AvgIpc) is 3.54. The quantitative estimate of drug-likeness (QED) is 0.417. The van der Waals surface area contributed by atoms with Crippen LogP contribution in [0.25, 0.3) is 0 Å². The number of esters is 1. The number of fused-ring (bicyclic) bond motifs is 1. The van der Waals surface area contributed by atoms with E-state index in [-0.39, 0.29) is 17.3 Å². The van der Waals surface area contributed by atoms with Crippen molar-refractivity contribution < 1.29 is 18.7 Å². The number of benzene rings is 1. The standard InChI is InChI=1S/C27H28FN3O3S/c1-15-16(2)30-25(17(3)29-15)27(33)34-24-13-19-14-31(11-10-23(19)35-24)26(22(32)12-18-8-9-18)20-6-4-5-7-21(20)28/h4-7,13,18,26H,8-12,14H2,1-3H3. The first-order valence-corrected chi connectivity index (χ1v) is 12.8. The van der Waals surface area contributed by atoms with Crippen LogP contribution in [0.3, 0.4) is 0 Å². The molecule has 182 valence electrons. The molecule has 35 heavy (non-hydrogen) atoms. The van der Waals surface area contributed by atoms with E-state index in [4.69, 9.17) is 4.74 Å². The fourth-order valence-corrected chi connectivity index (χ4v) is 5.64. The zero-order valence-electron chi connectivity index (χ0n) is 20.1. The summed E-state index contributed by atoms with van der Waals surface area (Å²) in [6, 6.07) is 7.82. The minimum Gasteiger partial charge on any atom is -0.411 e. The summed E-state index contributed by atoms with van der Waals surface area (Å²) in [7, 11) is 0. The number of aryl methyl sites for hydroxylation is 3. The van der Waals surface area contributed by atoms with Crippen LogP contribution in [0.1, 0.15) is 68.9 Å². The van der Waals surface area contributed by atoms with Crippen molar-refractivity contribution in [2.45, 2.75) is 59.0 Å². The molecule has 0 amide bonds. The highest BCUT2D eigenvalue weighted by atomic mass is 32.1. The van der Waals surface area contributed by atoms with Crippen LogP contribution in [0.5, 0.6) is 5.06 Å². The monoisotopic (exact) mass is 493 g/mol. The normalized spacial score (nSPS) is 16.6. The van der Waals surface area contributed by atoms with Gasteiger partial charge in [-0.05, 0) is 63.6 Å². The van der Waals surface area contributed by atoms with Crippen LogP contribution in [-0.4, -0.2) is 33.2 Å². The van der Waals surface area contributed by atoms with E-state index in [1.54, 1.807) is 25.1 Å². The summed E-state index contributed by atoms with van der Waals surface area (Å²) in [5, 5.41) is 0.494. The van der Waals surface area contributed by atoms with Crippen molar-refractivity contribution in [2.75, 3.05) is 6.54 Å². The Balaban J connectivity index is 1.36. The summed E-state index contributed by atoms with van der Waals surface area (Å²) in [5.74, 6) is -0.373. The number of thiophene rings is 1. The first-order chi connectivity index (χ1) is 16.8. The molecule has 1 saturated carbocycles. The highest BCUT2D eigenvalue weighted by molar-refractivity contribution is 7.14. The third-order valence-corrected chi connectivity index (χ3v) is 7.91. The Morgan fingerprint density at radius 2 is 1.89 bits per heavy atom. The van der Waals surface area contributed by atoms with Crippen LogP contribution >= 0.6 is 11.3 Å². The molecule has 0 N–H and O–H groups in total. The predicted octanol–water partition coefficient (Wildman–Crippen LogP) is 5.29. The number of hydrogen-bond acceptors (Lipinski definition) is 7. The molecule has 1 aliphatic heterocycles. The smallest absolute Gasteiger partial charge is 0.365 e. The van der Waals surface area contributed by atoms with Crippen LogP contribution in [0.15, 0.2) is 30.3 Å². The van der Waals surface area contributed by atoms with Gasteiger partial charge in [0, 0.05) is 30.0 Å². The van der Waals surface area contributed by atoms with E-state index in [2.05, 4.69) is 14.9 Å². The first kappa shape index (κ1) is 23.8. The van der Waals surface area contributed by atoms with Gasteiger partial charge in [-0.3, -0.25) is 14.7 Å². The lowest BCUT2D eigenvalue weighted by Gasteiger charge is -2.34. The highest BCUT2D eigenvalue weighted by Crippen LogP contribution is 2.40. The first-order valence-electron chi connectivity index (χ1n) is 12.0. The molecular weight excluding hydrogens is 465 g/mol. The molecular formula is C27H28FN3O3S. The van der Waals surface area contributed by atoms with Gasteiger partial charge in [-0.2, -0.15) is 0 Å². The molecule has 6 nitrogen and oxygen atoms in total. The maximum Gasteiger partial charge on any atom is 0.365 e. The molecule has 1 aromatic carbocycles. The number of aromatic nitrogens is 2. The number of carbonyl (C=O) groups is 2. The number of carbonyl (C=O) groups excluding carboxylic acids is 2. The lowest BCUT2D eigenvalue weighted by molar-refractivity contribution is -0.125. The lowest BCUT2D eigenvalue weighted by atomic mass is 9.94. The minimum absolute atomic E-state index is 0.0757. The third-order valence-electron chi connectivity index (χ3n) is 6.80.